The Morgan fingerprint density at radius 1 is 1.41 bits per heavy atom. The smallest absolute Gasteiger partial charge is 0.198 e. The van der Waals surface area contributed by atoms with Gasteiger partial charge >= 0.3 is 0 Å². The van der Waals surface area contributed by atoms with E-state index in [1.807, 2.05) is 13.0 Å². The maximum atomic E-state index is 12.3. The molecule has 0 N–H and O–H groups in total. The number of hydrogen-bond acceptors (Lipinski definition) is 3. The highest BCUT2D eigenvalue weighted by Gasteiger charge is 2.30. The molecule has 6 heteroatoms. The molecular formula is C11H21N3O2S. The summed E-state index contributed by atoms with van der Waals surface area (Å²) >= 11 is 0. The molecule has 0 amide bonds. The molecule has 0 atom stereocenters. The summed E-state index contributed by atoms with van der Waals surface area (Å²) in [6.45, 7) is 5.88. The van der Waals surface area contributed by atoms with E-state index in [9.17, 15) is 8.42 Å². The van der Waals surface area contributed by atoms with Crippen LogP contribution in [0.3, 0.4) is 0 Å². The van der Waals surface area contributed by atoms with Crippen molar-refractivity contribution in [2.75, 3.05) is 26.2 Å². The minimum absolute atomic E-state index is 0.247. The summed E-state index contributed by atoms with van der Waals surface area (Å²) in [5, 5.41) is 8.54. The fourth-order valence-electron chi connectivity index (χ4n) is 1.99. The lowest BCUT2D eigenvalue weighted by molar-refractivity contribution is 0.266. The number of rotatable bonds is 5. The van der Waals surface area contributed by atoms with Gasteiger partial charge in [0.25, 0.3) is 10.2 Å². The van der Waals surface area contributed by atoms with Crippen LogP contribution in [0, 0.1) is 17.2 Å². The van der Waals surface area contributed by atoms with Gasteiger partial charge in [-0.15, -0.1) is 0 Å². The average molecular weight is 259 g/mol. The van der Waals surface area contributed by atoms with Gasteiger partial charge in [-0.3, -0.25) is 0 Å². The predicted octanol–water partition coefficient (Wildman–Crippen LogP) is 1.20. The van der Waals surface area contributed by atoms with Gasteiger partial charge in [0, 0.05) is 32.6 Å². The first-order valence-electron chi connectivity index (χ1n) is 6.14. The van der Waals surface area contributed by atoms with E-state index in [-0.39, 0.29) is 6.42 Å². The van der Waals surface area contributed by atoms with E-state index in [0.29, 0.717) is 32.1 Å². The summed E-state index contributed by atoms with van der Waals surface area (Å²) < 4.78 is 27.5. The molecule has 0 aromatic carbocycles. The Morgan fingerprint density at radius 3 is 2.47 bits per heavy atom. The van der Waals surface area contributed by atoms with Crippen molar-refractivity contribution in [3.63, 3.8) is 0 Å². The van der Waals surface area contributed by atoms with Crippen molar-refractivity contribution in [3.05, 3.63) is 0 Å². The monoisotopic (exact) mass is 259 g/mol. The molecule has 0 bridgehead atoms. The van der Waals surface area contributed by atoms with E-state index in [2.05, 4.69) is 6.92 Å². The molecule has 0 aromatic rings. The Morgan fingerprint density at radius 2 is 2.00 bits per heavy atom. The van der Waals surface area contributed by atoms with Gasteiger partial charge in [-0.1, -0.05) is 13.8 Å². The zero-order valence-corrected chi connectivity index (χ0v) is 11.4. The minimum Gasteiger partial charge on any atom is -0.198 e. The average Bonchev–Trinajstić information content (AvgIpc) is 2.30. The highest BCUT2D eigenvalue weighted by molar-refractivity contribution is 7.86. The van der Waals surface area contributed by atoms with Crippen LogP contribution in [0.15, 0.2) is 0 Å². The van der Waals surface area contributed by atoms with Crippen molar-refractivity contribution >= 4 is 10.2 Å². The second kappa shape index (κ2) is 6.34. The van der Waals surface area contributed by atoms with Gasteiger partial charge in [-0.25, -0.2) is 0 Å². The second-order valence-electron chi connectivity index (χ2n) is 4.49. The molecule has 1 fully saturated rings. The Hall–Kier alpha value is -0.640. The molecule has 0 aromatic heterocycles. The summed E-state index contributed by atoms with van der Waals surface area (Å²) in [5.41, 5.74) is 0. The van der Waals surface area contributed by atoms with Crippen LogP contribution in [-0.2, 0) is 10.2 Å². The SMILES string of the molecule is CCN(CCC#N)S(=O)(=O)N1CCC(C)CC1. The maximum Gasteiger partial charge on any atom is 0.281 e. The van der Waals surface area contributed by atoms with Gasteiger partial charge in [0.05, 0.1) is 6.07 Å². The Labute approximate surface area is 104 Å². The molecule has 0 saturated carbocycles. The van der Waals surface area contributed by atoms with Crippen molar-refractivity contribution in [2.45, 2.75) is 33.1 Å². The number of piperidine rings is 1. The van der Waals surface area contributed by atoms with Crippen molar-refractivity contribution in [1.29, 1.82) is 5.26 Å². The Kier molecular flexibility index (Phi) is 5.37. The van der Waals surface area contributed by atoms with Gasteiger partial charge in [-0.2, -0.15) is 22.3 Å². The van der Waals surface area contributed by atoms with Crippen LogP contribution in [0.5, 0.6) is 0 Å². The van der Waals surface area contributed by atoms with Gasteiger partial charge in [0.2, 0.25) is 0 Å². The zero-order chi connectivity index (χ0) is 12.9. The molecule has 1 aliphatic heterocycles. The normalized spacial score (nSPS) is 19.4. The lowest BCUT2D eigenvalue weighted by atomic mass is 10.0. The van der Waals surface area contributed by atoms with Gasteiger partial charge in [0.15, 0.2) is 0 Å². The third-order valence-electron chi connectivity index (χ3n) is 3.22. The van der Waals surface area contributed by atoms with Crippen LogP contribution in [0.4, 0.5) is 0 Å². The fraction of sp³-hybridized carbons (Fsp3) is 0.909. The van der Waals surface area contributed by atoms with Crippen LogP contribution in [0.2, 0.25) is 0 Å². The van der Waals surface area contributed by atoms with Crippen LogP contribution < -0.4 is 0 Å². The van der Waals surface area contributed by atoms with Crippen molar-refractivity contribution in [3.8, 4) is 6.07 Å². The highest BCUT2D eigenvalue weighted by Crippen LogP contribution is 2.20. The summed E-state index contributed by atoms with van der Waals surface area (Å²) in [6, 6.07) is 1.99. The number of nitrogens with zero attached hydrogens (tertiary/aromatic N) is 3. The standard InChI is InChI=1S/C11H21N3O2S/c1-3-13(8-4-7-12)17(15,16)14-9-5-11(2)6-10-14/h11H,3-6,8-10H2,1-2H3. The second-order valence-corrected chi connectivity index (χ2v) is 6.42. The predicted molar refractivity (Wildman–Crippen MR) is 66.4 cm³/mol. The van der Waals surface area contributed by atoms with Gasteiger partial charge in [0.1, 0.15) is 0 Å². The largest absolute Gasteiger partial charge is 0.281 e. The molecule has 5 nitrogen and oxygen atoms in total. The van der Waals surface area contributed by atoms with E-state index >= 15 is 0 Å². The lowest BCUT2D eigenvalue weighted by Gasteiger charge is -2.33. The third kappa shape index (κ3) is 3.66. The van der Waals surface area contributed by atoms with Crippen LogP contribution in [-0.4, -0.2) is 43.2 Å². The Bertz CT molecular complexity index is 367. The first-order chi connectivity index (χ1) is 8.02. The quantitative estimate of drug-likeness (QED) is 0.745. The number of hydrogen-bond donors (Lipinski definition) is 0. The topological polar surface area (TPSA) is 64.4 Å². The maximum absolute atomic E-state index is 12.3. The lowest BCUT2D eigenvalue weighted by Crippen LogP contribution is -2.47. The third-order valence-corrected chi connectivity index (χ3v) is 5.33. The summed E-state index contributed by atoms with van der Waals surface area (Å²) in [5.74, 6) is 0.607. The zero-order valence-electron chi connectivity index (χ0n) is 10.6. The molecule has 0 unspecified atom stereocenters. The summed E-state index contributed by atoms with van der Waals surface area (Å²) in [4.78, 5) is 0. The van der Waals surface area contributed by atoms with Gasteiger partial charge in [-0.05, 0) is 18.8 Å². The molecule has 1 rings (SSSR count). The molecular weight excluding hydrogens is 238 g/mol. The molecule has 17 heavy (non-hydrogen) atoms. The first kappa shape index (κ1) is 14.4. The van der Waals surface area contributed by atoms with Gasteiger partial charge < -0.3 is 0 Å². The first-order valence-corrected chi connectivity index (χ1v) is 7.54. The van der Waals surface area contributed by atoms with Crippen LogP contribution >= 0.6 is 0 Å². The van der Waals surface area contributed by atoms with Crippen molar-refractivity contribution in [2.24, 2.45) is 5.92 Å². The molecule has 1 aliphatic rings. The minimum atomic E-state index is -3.35. The Balaban J connectivity index is 2.68. The van der Waals surface area contributed by atoms with E-state index in [1.54, 1.807) is 4.31 Å². The van der Waals surface area contributed by atoms with Crippen molar-refractivity contribution < 1.29 is 8.42 Å². The van der Waals surface area contributed by atoms with E-state index in [1.165, 1.54) is 4.31 Å². The number of nitriles is 1. The van der Waals surface area contributed by atoms with E-state index in [0.717, 1.165) is 12.8 Å². The van der Waals surface area contributed by atoms with Crippen molar-refractivity contribution in [1.82, 2.24) is 8.61 Å². The molecule has 98 valence electrons. The molecule has 1 saturated heterocycles. The molecule has 0 spiro atoms. The van der Waals surface area contributed by atoms with E-state index < -0.39 is 10.2 Å². The fourth-order valence-corrected chi connectivity index (χ4v) is 3.64. The molecule has 0 radical (unpaired) electrons. The van der Waals surface area contributed by atoms with E-state index in [4.69, 9.17) is 5.26 Å². The highest BCUT2D eigenvalue weighted by atomic mass is 32.2. The molecule has 1 heterocycles. The van der Waals surface area contributed by atoms with Crippen LogP contribution in [0.1, 0.15) is 33.1 Å². The summed E-state index contributed by atoms with van der Waals surface area (Å²) in [6.07, 6.45) is 2.10. The molecule has 0 aliphatic carbocycles. The summed E-state index contributed by atoms with van der Waals surface area (Å²) in [7, 11) is -3.35. The van der Waals surface area contributed by atoms with Crippen LogP contribution in [0.25, 0.3) is 0 Å².